The first kappa shape index (κ1) is 12.9. The van der Waals surface area contributed by atoms with Crippen molar-refractivity contribution in [2.24, 2.45) is 0 Å². The van der Waals surface area contributed by atoms with Crippen LogP contribution in [0.2, 0.25) is 0 Å². The van der Waals surface area contributed by atoms with Crippen molar-refractivity contribution in [3.8, 4) is 0 Å². The molecular weight excluding hydrogens is 273 g/mol. The van der Waals surface area contributed by atoms with Gasteiger partial charge in [0, 0.05) is 16.0 Å². The fourth-order valence-electron chi connectivity index (χ4n) is 1.99. The van der Waals surface area contributed by atoms with Crippen LogP contribution < -0.4 is 5.32 Å². The van der Waals surface area contributed by atoms with Crippen LogP contribution in [0.1, 0.15) is 0 Å². The minimum absolute atomic E-state index is 0.325. The molecule has 0 spiro atoms. The van der Waals surface area contributed by atoms with Gasteiger partial charge in [0.25, 0.3) is 0 Å². The van der Waals surface area contributed by atoms with Crippen LogP contribution in [0.25, 0.3) is 10.9 Å². The standard InChI is InChI=1S/C15H12FN3S/c1-20-11-5-2-4-10(8-11)19-15-12-6-3-7-13(16)14(12)17-9-18-15/h2-9H,1H3,(H,17,18,19). The van der Waals surface area contributed by atoms with E-state index in [4.69, 9.17) is 0 Å². The number of rotatable bonds is 3. The Morgan fingerprint density at radius 1 is 1.10 bits per heavy atom. The quantitative estimate of drug-likeness (QED) is 0.731. The molecule has 0 atom stereocenters. The highest BCUT2D eigenvalue weighted by Gasteiger charge is 2.07. The van der Waals surface area contributed by atoms with E-state index in [0.29, 0.717) is 16.7 Å². The van der Waals surface area contributed by atoms with Gasteiger partial charge in [-0.3, -0.25) is 0 Å². The first-order valence-electron chi connectivity index (χ1n) is 6.08. The number of hydrogen-bond donors (Lipinski definition) is 1. The lowest BCUT2D eigenvalue weighted by Gasteiger charge is -2.09. The van der Waals surface area contributed by atoms with Crippen molar-refractivity contribution < 1.29 is 4.39 Å². The number of fused-ring (bicyclic) bond motifs is 1. The number of anilines is 2. The van der Waals surface area contributed by atoms with Crippen LogP contribution >= 0.6 is 11.8 Å². The summed E-state index contributed by atoms with van der Waals surface area (Å²) in [6, 6.07) is 12.8. The molecule has 100 valence electrons. The predicted molar refractivity (Wildman–Crippen MR) is 81.0 cm³/mol. The zero-order valence-electron chi connectivity index (χ0n) is 10.8. The molecule has 2 aromatic carbocycles. The van der Waals surface area contributed by atoms with Crippen LogP contribution in [0.3, 0.4) is 0 Å². The second-order valence-electron chi connectivity index (χ2n) is 4.22. The van der Waals surface area contributed by atoms with Crippen molar-refractivity contribution >= 4 is 34.2 Å². The number of nitrogens with one attached hydrogen (secondary N) is 1. The van der Waals surface area contributed by atoms with Crippen molar-refractivity contribution in [1.29, 1.82) is 0 Å². The Kier molecular flexibility index (Phi) is 3.52. The van der Waals surface area contributed by atoms with Gasteiger partial charge in [-0.25, -0.2) is 14.4 Å². The summed E-state index contributed by atoms with van der Waals surface area (Å²) < 4.78 is 13.7. The molecule has 5 heteroatoms. The topological polar surface area (TPSA) is 37.8 Å². The number of benzene rings is 2. The van der Waals surface area contributed by atoms with Crippen molar-refractivity contribution in [2.75, 3.05) is 11.6 Å². The minimum Gasteiger partial charge on any atom is -0.340 e. The summed E-state index contributed by atoms with van der Waals surface area (Å²) in [5.74, 6) is 0.263. The Labute approximate surface area is 120 Å². The summed E-state index contributed by atoms with van der Waals surface area (Å²) in [4.78, 5) is 9.34. The number of halogens is 1. The lowest BCUT2D eigenvalue weighted by molar-refractivity contribution is 0.636. The summed E-state index contributed by atoms with van der Waals surface area (Å²) in [7, 11) is 0. The molecule has 0 fully saturated rings. The van der Waals surface area contributed by atoms with Crippen LogP contribution in [-0.4, -0.2) is 16.2 Å². The molecule has 0 aliphatic heterocycles. The van der Waals surface area contributed by atoms with Crippen molar-refractivity contribution in [3.05, 3.63) is 54.6 Å². The summed E-state index contributed by atoms with van der Waals surface area (Å²) in [6.07, 6.45) is 3.39. The maximum absolute atomic E-state index is 13.7. The van der Waals surface area contributed by atoms with Gasteiger partial charge in [0.2, 0.25) is 0 Å². The molecule has 3 nitrogen and oxygen atoms in total. The van der Waals surface area contributed by atoms with Crippen molar-refractivity contribution in [3.63, 3.8) is 0 Å². The van der Waals surface area contributed by atoms with Crippen LogP contribution in [-0.2, 0) is 0 Å². The van der Waals surface area contributed by atoms with Gasteiger partial charge >= 0.3 is 0 Å². The van der Waals surface area contributed by atoms with E-state index in [2.05, 4.69) is 15.3 Å². The maximum atomic E-state index is 13.7. The molecule has 0 saturated carbocycles. The van der Waals surface area contributed by atoms with E-state index in [-0.39, 0.29) is 5.82 Å². The van der Waals surface area contributed by atoms with E-state index in [1.54, 1.807) is 23.9 Å². The van der Waals surface area contributed by atoms with E-state index in [1.165, 1.54) is 12.4 Å². The number of thioether (sulfide) groups is 1. The van der Waals surface area contributed by atoms with Gasteiger partial charge in [-0.15, -0.1) is 11.8 Å². The SMILES string of the molecule is CSc1cccc(Nc2ncnc3c(F)cccc23)c1. The monoisotopic (exact) mass is 285 g/mol. The Morgan fingerprint density at radius 2 is 1.95 bits per heavy atom. The van der Waals surface area contributed by atoms with Gasteiger partial charge in [-0.1, -0.05) is 12.1 Å². The fourth-order valence-corrected chi connectivity index (χ4v) is 2.45. The lowest BCUT2D eigenvalue weighted by atomic mass is 10.2. The molecule has 0 bridgehead atoms. The lowest BCUT2D eigenvalue weighted by Crippen LogP contribution is -1.97. The molecule has 1 N–H and O–H groups in total. The molecule has 20 heavy (non-hydrogen) atoms. The third-order valence-electron chi connectivity index (χ3n) is 2.95. The van der Waals surface area contributed by atoms with Crippen molar-refractivity contribution in [1.82, 2.24) is 9.97 Å². The average Bonchev–Trinajstić information content (AvgIpc) is 2.49. The van der Waals surface area contributed by atoms with Gasteiger partial charge in [0.05, 0.1) is 0 Å². The second kappa shape index (κ2) is 5.46. The molecule has 0 radical (unpaired) electrons. The molecule has 0 aliphatic rings. The van der Waals surface area contributed by atoms with E-state index in [9.17, 15) is 4.39 Å². The van der Waals surface area contributed by atoms with Gasteiger partial charge in [-0.2, -0.15) is 0 Å². The van der Waals surface area contributed by atoms with E-state index in [1.807, 2.05) is 30.5 Å². The second-order valence-corrected chi connectivity index (χ2v) is 5.09. The molecule has 3 rings (SSSR count). The van der Waals surface area contributed by atoms with E-state index >= 15 is 0 Å². The number of hydrogen-bond acceptors (Lipinski definition) is 4. The molecule has 0 saturated heterocycles. The van der Waals surface area contributed by atoms with Crippen LogP contribution in [0.15, 0.2) is 53.7 Å². The third-order valence-corrected chi connectivity index (χ3v) is 3.67. The summed E-state index contributed by atoms with van der Waals surface area (Å²) in [5, 5.41) is 3.89. The first-order valence-corrected chi connectivity index (χ1v) is 7.31. The summed E-state index contributed by atoms with van der Waals surface area (Å²) >= 11 is 1.67. The fraction of sp³-hybridized carbons (Fsp3) is 0.0667. The Balaban J connectivity index is 2.04. The predicted octanol–water partition coefficient (Wildman–Crippen LogP) is 4.23. The normalized spacial score (nSPS) is 10.7. The zero-order valence-corrected chi connectivity index (χ0v) is 11.6. The largest absolute Gasteiger partial charge is 0.340 e. The zero-order chi connectivity index (χ0) is 13.9. The Morgan fingerprint density at radius 3 is 2.80 bits per heavy atom. The summed E-state index contributed by atoms with van der Waals surface area (Å²) in [6.45, 7) is 0. The van der Waals surface area contributed by atoms with Gasteiger partial charge < -0.3 is 5.32 Å². The van der Waals surface area contributed by atoms with Crippen molar-refractivity contribution in [2.45, 2.75) is 4.90 Å². The van der Waals surface area contributed by atoms with E-state index < -0.39 is 0 Å². The number of aromatic nitrogens is 2. The number of nitrogens with zero attached hydrogens (tertiary/aromatic N) is 2. The highest BCUT2D eigenvalue weighted by atomic mass is 32.2. The first-order chi connectivity index (χ1) is 9.78. The number of para-hydroxylation sites is 1. The van der Waals surface area contributed by atoms with E-state index in [0.717, 1.165) is 10.6 Å². The molecule has 1 aromatic heterocycles. The van der Waals surface area contributed by atoms with Gasteiger partial charge in [0.15, 0.2) is 0 Å². The Bertz CT molecular complexity index is 761. The average molecular weight is 285 g/mol. The molecule has 0 aliphatic carbocycles. The molecule has 3 aromatic rings. The van der Waals surface area contributed by atoms with Gasteiger partial charge in [0.1, 0.15) is 23.5 Å². The smallest absolute Gasteiger partial charge is 0.149 e. The highest BCUT2D eigenvalue weighted by molar-refractivity contribution is 7.98. The molecule has 1 heterocycles. The van der Waals surface area contributed by atoms with Gasteiger partial charge in [-0.05, 0) is 36.6 Å². The minimum atomic E-state index is -0.342. The summed E-state index contributed by atoms with van der Waals surface area (Å²) in [5.41, 5.74) is 1.24. The molecular formula is C15H12FN3S. The van der Waals surface area contributed by atoms with Crippen LogP contribution in [0.5, 0.6) is 0 Å². The Hall–Kier alpha value is -2.14. The highest BCUT2D eigenvalue weighted by Crippen LogP contribution is 2.26. The maximum Gasteiger partial charge on any atom is 0.149 e. The molecule has 0 amide bonds. The van der Waals surface area contributed by atoms with Crippen LogP contribution in [0.4, 0.5) is 15.9 Å². The molecule has 0 unspecified atom stereocenters. The van der Waals surface area contributed by atoms with Crippen LogP contribution in [0, 0.1) is 5.82 Å². The third kappa shape index (κ3) is 2.44.